The normalized spacial score (nSPS) is 31.5. The van der Waals surface area contributed by atoms with Crippen LogP contribution in [0.1, 0.15) is 178 Å². The first kappa shape index (κ1) is 88.2. The molecule has 0 aromatic heterocycles. The Bertz CT molecular complexity index is 3020. The van der Waals surface area contributed by atoms with Crippen LogP contribution in [0.2, 0.25) is 0 Å². The Morgan fingerprint density at radius 1 is 0.625 bits per heavy atom. The number of carbonyl (C=O) groups excluding carboxylic acids is 12. The molecular formula is C73H121ClF5N13O12. The molecule has 2 saturated carbocycles. The van der Waals surface area contributed by atoms with Crippen LogP contribution in [0.5, 0.6) is 0 Å². The molecule has 0 bridgehead atoms. The number of amides is 12. The van der Waals surface area contributed by atoms with Crippen molar-refractivity contribution in [2.24, 2.45) is 41.4 Å². The standard InChI is InChI=1S/C73H121ClF5N13O12/c1-19-44(6)60-70(103)85(13)47(9)65(98)92-35-31-54(92)69(102)88(16)56(38-49-24-22-43(5)23-25-49)68(101)84(12)40-58(93)81-52(29-27-48-26-28-50(51(74)37-48)73(77,78)79)66(99)87(15)53(30-34-91-33-21-32-72(75,76)41-91)62(95)80-46(8)64(97)90(18)61(45(7)20-2)71(104)89(17)57(67(100)83(10)11)39-59(94)86(14)55(36-42(3)4)63(96)82-60/h42-57,60-61H,19-41H2,1-18H3,(H,80,95)(H,81,93)(H,82,96)/t43?,44-,45-,46-,47-,48?,49?,50?,51?,52-,53-,54-,55-,56-,57-,60-,61-/m0/s1. The second-order valence-corrected chi connectivity index (χ2v) is 32.0. The van der Waals surface area contributed by atoms with E-state index in [4.69, 9.17) is 11.6 Å². The fraction of sp³-hybridized carbons (Fsp3) is 0.836. The van der Waals surface area contributed by atoms with E-state index >= 15 is 19.2 Å². The van der Waals surface area contributed by atoms with Gasteiger partial charge in [-0.05, 0) is 120 Å². The third-order valence-electron chi connectivity index (χ3n) is 23.0. The summed E-state index contributed by atoms with van der Waals surface area (Å²) in [7, 11) is 12.3. The van der Waals surface area contributed by atoms with Crippen molar-refractivity contribution in [3.63, 3.8) is 0 Å². The monoisotopic (exact) mass is 1500 g/mol. The van der Waals surface area contributed by atoms with Crippen molar-refractivity contribution in [2.75, 3.05) is 96.2 Å². The minimum Gasteiger partial charge on any atom is -0.347 e. The number of alkyl halides is 6. The maximum absolute atomic E-state index is 15.4. The van der Waals surface area contributed by atoms with E-state index in [1.807, 2.05) is 20.8 Å². The van der Waals surface area contributed by atoms with E-state index in [-0.39, 0.29) is 102 Å². The molecule has 0 spiro atoms. The molecule has 0 aromatic carbocycles. The number of hydrogen-bond acceptors (Lipinski definition) is 13. The highest BCUT2D eigenvalue weighted by molar-refractivity contribution is 6.21. The lowest BCUT2D eigenvalue weighted by Gasteiger charge is -2.45. The van der Waals surface area contributed by atoms with Crippen molar-refractivity contribution in [3.05, 3.63) is 0 Å². The van der Waals surface area contributed by atoms with Crippen LogP contribution in [0.15, 0.2) is 0 Å². The first-order chi connectivity index (χ1) is 48.4. The predicted molar refractivity (Wildman–Crippen MR) is 383 cm³/mol. The number of carbonyl (C=O) groups is 12. The predicted octanol–water partition coefficient (Wildman–Crippen LogP) is 5.84. The van der Waals surface area contributed by atoms with Crippen LogP contribution in [0.3, 0.4) is 0 Å². The SMILES string of the molecule is CC[C@H](C)[C@@H]1NC(=O)[C@H](CC(C)C)N(C)C(=O)C[C@@H](C(=O)N(C)C)N(C)C(=O)[C@H]([C@@H](C)CC)N(C)C(=O)[C@H](C)NC(=O)[C@H](CCN2CCCC(F)(F)C2)N(C)C(=O)[C@H](CCC2CCC(C(F)(F)F)C(Cl)C2)NC(=O)CN(C)C(=O)[C@H](CC2CCC(C)CC2)N(C)C(=O)[C@@H]2CCN2C(=O)[C@H](C)N(C)C1=O. The topological polar surface area (TPSA) is 273 Å². The van der Waals surface area contributed by atoms with Gasteiger partial charge in [0.2, 0.25) is 70.9 Å². The van der Waals surface area contributed by atoms with Gasteiger partial charge in [0.15, 0.2) is 0 Å². The molecule has 12 amide bonds. The van der Waals surface area contributed by atoms with E-state index in [1.165, 1.54) is 107 Å². The van der Waals surface area contributed by atoms with Gasteiger partial charge in [-0.1, -0.05) is 87.0 Å². The summed E-state index contributed by atoms with van der Waals surface area (Å²) in [6.07, 6.45) is -1.90. The molecule has 5 rings (SSSR count). The average Bonchev–Trinajstić information content (AvgIpc) is 0.789. The second-order valence-electron chi connectivity index (χ2n) is 31.4. The fourth-order valence-electron chi connectivity index (χ4n) is 15.3. The van der Waals surface area contributed by atoms with Crippen LogP contribution in [-0.4, -0.2) is 294 Å². The Balaban J connectivity index is 1.65. The minimum atomic E-state index is -4.57. The number of likely N-dealkylation sites (tertiary alicyclic amines) is 1. The average molecular weight is 1500 g/mol. The van der Waals surface area contributed by atoms with Gasteiger partial charge in [-0.2, -0.15) is 13.2 Å². The third kappa shape index (κ3) is 22.8. The molecule has 5 fully saturated rings. The molecule has 104 heavy (non-hydrogen) atoms. The maximum atomic E-state index is 15.4. The second kappa shape index (κ2) is 38.4. The van der Waals surface area contributed by atoms with Crippen LogP contribution in [0.4, 0.5) is 22.0 Å². The van der Waals surface area contributed by atoms with Crippen molar-refractivity contribution in [1.29, 1.82) is 0 Å². The molecule has 2 aliphatic carbocycles. The molecule has 3 aliphatic heterocycles. The Hall–Kier alpha value is -6.46. The molecule has 3 heterocycles. The molecule has 15 atom stereocenters. The van der Waals surface area contributed by atoms with Crippen LogP contribution < -0.4 is 16.0 Å². The van der Waals surface area contributed by atoms with Crippen LogP contribution in [0.25, 0.3) is 0 Å². The van der Waals surface area contributed by atoms with Gasteiger partial charge in [-0.25, -0.2) is 8.78 Å². The fourth-order valence-corrected chi connectivity index (χ4v) is 15.8. The van der Waals surface area contributed by atoms with E-state index in [9.17, 15) is 60.3 Å². The van der Waals surface area contributed by atoms with Crippen molar-refractivity contribution in [3.8, 4) is 0 Å². The molecule has 0 radical (unpaired) electrons. The lowest BCUT2D eigenvalue weighted by Crippen LogP contribution is -2.65. The summed E-state index contributed by atoms with van der Waals surface area (Å²) in [5, 5.41) is 7.01. The molecule has 0 aromatic rings. The van der Waals surface area contributed by atoms with E-state index in [0.717, 1.165) is 45.3 Å². The number of hydrogen-bond donors (Lipinski definition) is 3. The Kier molecular flexibility index (Phi) is 32.5. The number of nitrogens with one attached hydrogen (secondary N) is 3. The highest BCUT2D eigenvalue weighted by Gasteiger charge is 2.50. The summed E-state index contributed by atoms with van der Waals surface area (Å²) in [6, 6.07) is -13.3. The van der Waals surface area contributed by atoms with Gasteiger partial charge in [0.1, 0.15) is 60.4 Å². The number of fused-ring (bicyclic) bond motifs is 1. The number of likely N-dealkylation sites (N-methyl/N-ethyl adjacent to an activating group) is 8. The number of nitrogens with zero attached hydrogens (tertiary/aromatic N) is 10. The van der Waals surface area contributed by atoms with Gasteiger partial charge >= 0.3 is 6.18 Å². The van der Waals surface area contributed by atoms with Crippen LogP contribution in [-0.2, 0) is 57.5 Å². The van der Waals surface area contributed by atoms with Gasteiger partial charge < -0.3 is 60.0 Å². The lowest BCUT2D eigenvalue weighted by molar-refractivity contribution is -0.182. The zero-order valence-electron chi connectivity index (χ0n) is 64.8. The highest BCUT2D eigenvalue weighted by atomic mass is 35.5. The molecule has 3 saturated heterocycles. The molecule has 3 unspecified atom stereocenters. The van der Waals surface area contributed by atoms with E-state index in [1.54, 1.807) is 20.8 Å². The van der Waals surface area contributed by atoms with Crippen molar-refractivity contribution in [2.45, 2.75) is 256 Å². The minimum absolute atomic E-state index is 0.0309. The molecule has 3 N–H and O–H groups in total. The van der Waals surface area contributed by atoms with Gasteiger partial charge in [0, 0.05) is 88.3 Å². The summed E-state index contributed by atoms with van der Waals surface area (Å²) in [5.74, 6) is -15.2. The first-order valence-corrected chi connectivity index (χ1v) is 37.9. The zero-order valence-corrected chi connectivity index (χ0v) is 65.6. The Labute approximate surface area is 617 Å². The summed E-state index contributed by atoms with van der Waals surface area (Å²) < 4.78 is 72.2. The van der Waals surface area contributed by atoms with Crippen molar-refractivity contribution >= 4 is 82.5 Å². The number of piperidine rings is 1. The Morgan fingerprint density at radius 3 is 1.77 bits per heavy atom. The van der Waals surface area contributed by atoms with Crippen molar-refractivity contribution < 1.29 is 79.5 Å². The smallest absolute Gasteiger partial charge is 0.347 e. The third-order valence-corrected chi connectivity index (χ3v) is 23.5. The van der Waals surface area contributed by atoms with E-state index < -0.39 is 192 Å². The summed E-state index contributed by atoms with van der Waals surface area (Å²) in [6.45, 7) is 14.5. The maximum Gasteiger partial charge on any atom is 0.393 e. The Morgan fingerprint density at radius 2 is 1.22 bits per heavy atom. The van der Waals surface area contributed by atoms with Gasteiger partial charge in [0.25, 0.3) is 5.92 Å². The lowest BCUT2D eigenvalue weighted by atomic mass is 9.78. The van der Waals surface area contributed by atoms with Gasteiger partial charge in [-0.3, -0.25) is 62.4 Å². The van der Waals surface area contributed by atoms with Crippen LogP contribution in [0, 0.1) is 41.4 Å². The molecule has 5 aliphatic rings. The zero-order chi connectivity index (χ0) is 78.5. The summed E-state index contributed by atoms with van der Waals surface area (Å²) >= 11 is 6.40. The number of halogens is 6. The van der Waals surface area contributed by atoms with Gasteiger partial charge in [0.05, 0.1) is 25.4 Å². The summed E-state index contributed by atoms with van der Waals surface area (Å²) in [5.41, 5.74) is 0. The quantitative estimate of drug-likeness (QED) is 0.129. The summed E-state index contributed by atoms with van der Waals surface area (Å²) in [4.78, 5) is 191. The highest BCUT2D eigenvalue weighted by Crippen LogP contribution is 2.44. The largest absolute Gasteiger partial charge is 0.393 e. The van der Waals surface area contributed by atoms with Crippen LogP contribution >= 0.6 is 11.6 Å². The van der Waals surface area contributed by atoms with Crippen molar-refractivity contribution in [1.82, 2.24) is 64.9 Å². The number of rotatable bonds is 15. The first-order valence-electron chi connectivity index (χ1n) is 37.5. The van der Waals surface area contributed by atoms with Gasteiger partial charge in [-0.15, -0.1) is 11.6 Å². The molecular weight excluding hydrogens is 1380 g/mol. The molecule has 31 heteroatoms. The molecule has 592 valence electrons. The molecule has 25 nitrogen and oxygen atoms in total. The van der Waals surface area contributed by atoms with E-state index in [0.29, 0.717) is 18.8 Å². The van der Waals surface area contributed by atoms with E-state index in [2.05, 4.69) is 22.9 Å².